The van der Waals surface area contributed by atoms with Gasteiger partial charge in [-0.25, -0.2) is 9.48 Å². The third-order valence-electron chi connectivity index (χ3n) is 4.50. The zero-order chi connectivity index (χ0) is 16.4. The van der Waals surface area contributed by atoms with Crippen LogP contribution in [0.15, 0.2) is 29.2 Å². The monoisotopic (exact) mass is 353 g/mol. The Morgan fingerprint density at radius 3 is 2.92 bits per heavy atom. The van der Waals surface area contributed by atoms with Crippen molar-refractivity contribution in [3.05, 3.63) is 34.9 Å². The molecule has 0 saturated carbocycles. The molecule has 2 N–H and O–H groups in total. The first-order chi connectivity index (χ1) is 11.1. The summed E-state index contributed by atoms with van der Waals surface area (Å²) in [7, 11) is 0. The molecule has 0 spiro atoms. The second kappa shape index (κ2) is 7.81. The molecule has 1 amide bonds. The first-order valence-electron chi connectivity index (χ1n) is 8.17. The maximum absolute atomic E-state index is 12.5. The number of likely N-dealkylation sites (tertiary alicyclic amines) is 1. The summed E-state index contributed by atoms with van der Waals surface area (Å²) in [6.45, 7) is 3.00. The van der Waals surface area contributed by atoms with Crippen molar-refractivity contribution >= 4 is 24.0 Å². The van der Waals surface area contributed by atoms with Gasteiger partial charge in [-0.1, -0.05) is 6.07 Å². The van der Waals surface area contributed by atoms with E-state index >= 15 is 0 Å². The summed E-state index contributed by atoms with van der Waals surface area (Å²) in [5, 5.41) is 4.26. The van der Waals surface area contributed by atoms with E-state index in [1.807, 2.05) is 17.9 Å². The maximum Gasteiger partial charge on any atom is 0.350 e. The molecule has 8 heteroatoms. The van der Waals surface area contributed by atoms with Crippen LogP contribution in [-0.4, -0.2) is 43.6 Å². The Hall–Kier alpha value is -1.86. The number of aromatic nitrogens is 3. The van der Waals surface area contributed by atoms with Gasteiger partial charge >= 0.3 is 5.69 Å². The van der Waals surface area contributed by atoms with Gasteiger partial charge in [-0.2, -0.15) is 0 Å². The molecule has 0 aromatic carbocycles. The minimum atomic E-state index is -0.212. The summed E-state index contributed by atoms with van der Waals surface area (Å²) in [6, 6.07) is 5.47. The van der Waals surface area contributed by atoms with Gasteiger partial charge in [0.2, 0.25) is 5.91 Å². The molecular weight excluding hydrogens is 330 g/mol. The van der Waals surface area contributed by atoms with Crippen molar-refractivity contribution in [3.8, 4) is 0 Å². The second-order valence-corrected chi connectivity index (χ2v) is 6.19. The van der Waals surface area contributed by atoms with E-state index in [0.29, 0.717) is 12.2 Å². The third kappa shape index (κ3) is 3.62. The predicted octanol–water partition coefficient (Wildman–Crippen LogP) is 1.04. The van der Waals surface area contributed by atoms with E-state index in [0.717, 1.165) is 25.8 Å². The number of carbonyl (C=O) groups is 1. The average Bonchev–Trinajstić information content (AvgIpc) is 2.89. The molecule has 1 fully saturated rings. The number of rotatable bonds is 4. The highest BCUT2D eigenvalue weighted by atomic mass is 35.5. The molecule has 2 aromatic heterocycles. The van der Waals surface area contributed by atoms with Gasteiger partial charge in [0.05, 0.1) is 6.54 Å². The summed E-state index contributed by atoms with van der Waals surface area (Å²) in [6.07, 6.45) is 5.04. The average molecular weight is 354 g/mol. The van der Waals surface area contributed by atoms with Crippen LogP contribution in [0.1, 0.15) is 32.6 Å². The Balaban J connectivity index is 0.00000208. The van der Waals surface area contributed by atoms with E-state index in [9.17, 15) is 9.59 Å². The van der Waals surface area contributed by atoms with Crippen molar-refractivity contribution in [2.75, 3.05) is 6.54 Å². The molecule has 132 valence electrons. The molecule has 7 nitrogen and oxygen atoms in total. The Bertz CT molecular complexity index is 754. The number of nitrogens with zero attached hydrogens (tertiary/aromatic N) is 4. The van der Waals surface area contributed by atoms with Crippen LogP contribution in [0.25, 0.3) is 5.65 Å². The number of halogens is 1. The molecule has 1 aliphatic rings. The van der Waals surface area contributed by atoms with Crippen molar-refractivity contribution in [3.63, 3.8) is 0 Å². The molecule has 3 rings (SSSR count). The Labute approximate surface area is 146 Å². The van der Waals surface area contributed by atoms with Crippen LogP contribution in [-0.2, 0) is 11.3 Å². The highest BCUT2D eigenvalue weighted by molar-refractivity contribution is 5.85. The van der Waals surface area contributed by atoms with Crippen molar-refractivity contribution in [1.82, 2.24) is 19.1 Å². The maximum atomic E-state index is 12.5. The normalized spacial score (nSPS) is 19.1. The van der Waals surface area contributed by atoms with E-state index in [4.69, 9.17) is 5.73 Å². The van der Waals surface area contributed by atoms with Gasteiger partial charge in [-0.05, 0) is 38.3 Å². The highest BCUT2D eigenvalue weighted by Gasteiger charge is 2.28. The number of piperidine rings is 1. The van der Waals surface area contributed by atoms with Crippen LogP contribution in [0, 0.1) is 0 Å². The molecular formula is C16H24ClN5O2. The van der Waals surface area contributed by atoms with Crippen LogP contribution >= 0.6 is 12.4 Å². The number of hydrogen-bond donors (Lipinski definition) is 1. The number of aryl methyl sites for hydroxylation is 1. The smallest absolute Gasteiger partial charge is 0.338 e. The molecule has 2 atom stereocenters. The molecule has 2 unspecified atom stereocenters. The lowest BCUT2D eigenvalue weighted by Crippen LogP contribution is -2.51. The van der Waals surface area contributed by atoms with E-state index in [1.54, 1.807) is 18.3 Å². The summed E-state index contributed by atoms with van der Waals surface area (Å²) >= 11 is 0. The quantitative estimate of drug-likeness (QED) is 0.889. The van der Waals surface area contributed by atoms with Crippen molar-refractivity contribution in [2.24, 2.45) is 5.73 Å². The van der Waals surface area contributed by atoms with Crippen molar-refractivity contribution in [1.29, 1.82) is 0 Å². The number of carbonyl (C=O) groups excluding carboxylic acids is 1. The number of amides is 1. The first-order valence-corrected chi connectivity index (χ1v) is 8.17. The van der Waals surface area contributed by atoms with Crippen LogP contribution in [0.5, 0.6) is 0 Å². The third-order valence-corrected chi connectivity index (χ3v) is 4.50. The predicted molar refractivity (Wildman–Crippen MR) is 94.3 cm³/mol. The van der Waals surface area contributed by atoms with Crippen LogP contribution in [0.4, 0.5) is 0 Å². The molecule has 1 saturated heterocycles. The lowest BCUT2D eigenvalue weighted by Gasteiger charge is -2.38. The van der Waals surface area contributed by atoms with Crippen molar-refractivity contribution in [2.45, 2.75) is 51.2 Å². The van der Waals surface area contributed by atoms with E-state index in [2.05, 4.69) is 5.10 Å². The second-order valence-electron chi connectivity index (χ2n) is 6.19. The zero-order valence-electron chi connectivity index (χ0n) is 13.8. The Morgan fingerprint density at radius 2 is 2.21 bits per heavy atom. The summed E-state index contributed by atoms with van der Waals surface area (Å²) in [5.41, 5.74) is 6.39. The SMILES string of the molecule is CC(N)C1CCCCN1C(=O)CCn1nc2ccccn2c1=O.Cl. The Morgan fingerprint density at radius 1 is 1.42 bits per heavy atom. The van der Waals surface area contributed by atoms with Crippen LogP contribution in [0.3, 0.4) is 0 Å². The first kappa shape index (κ1) is 18.5. The van der Waals surface area contributed by atoms with E-state index < -0.39 is 0 Å². The number of pyridine rings is 1. The van der Waals surface area contributed by atoms with Crippen LogP contribution in [0.2, 0.25) is 0 Å². The summed E-state index contributed by atoms with van der Waals surface area (Å²) < 4.78 is 2.84. The molecule has 0 bridgehead atoms. The zero-order valence-corrected chi connectivity index (χ0v) is 14.6. The minimum absolute atomic E-state index is 0. The lowest BCUT2D eigenvalue weighted by atomic mass is 9.96. The fraction of sp³-hybridized carbons (Fsp3) is 0.562. The summed E-state index contributed by atoms with van der Waals surface area (Å²) in [4.78, 5) is 26.6. The lowest BCUT2D eigenvalue weighted by molar-refractivity contribution is -0.135. The van der Waals surface area contributed by atoms with Gasteiger partial charge in [0.1, 0.15) is 0 Å². The Kier molecular flexibility index (Phi) is 6.01. The van der Waals surface area contributed by atoms with Gasteiger partial charge in [0.25, 0.3) is 0 Å². The van der Waals surface area contributed by atoms with Gasteiger partial charge in [0.15, 0.2) is 5.65 Å². The van der Waals surface area contributed by atoms with Gasteiger partial charge in [0, 0.05) is 31.2 Å². The van der Waals surface area contributed by atoms with Gasteiger partial charge < -0.3 is 10.6 Å². The largest absolute Gasteiger partial charge is 0.350 e. The highest BCUT2D eigenvalue weighted by Crippen LogP contribution is 2.20. The molecule has 0 radical (unpaired) electrons. The fourth-order valence-electron chi connectivity index (χ4n) is 3.27. The molecule has 24 heavy (non-hydrogen) atoms. The summed E-state index contributed by atoms with van der Waals surface area (Å²) in [5.74, 6) is 0.0518. The fourth-order valence-corrected chi connectivity index (χ4v) is 3.27. The molecule has 0 aliphatic carbocycles. The van der Waals surface area contributed by atoms with E-state index in [1.165, 1.54) is 9.08 Å². The van der Waals surface area contributed by atoms with Crippen molar-refractivity contribution < 1.29 is 4.79 Å². The number of nitrogens with two attached hydrogens (primary N) is 1. The number of hydrogen-bond acceptors (Lipinski definition) is 4. The van der Waals surface area contributed by atoms with Crippen LogP contribution < -0.4 is 11.4 Å². The number of fused-ring (bicyclic) bond motifs is 1. The van der Waals surface area contributed by atoms with Gasteiger partial charge in [-0.3, -0.25) is 9.20 Å². The topological polar surface area (TPSA) is 85.6 Å². The standard InChI is InChI=1S/C16H23N5O2.ClH/c1-12(17)13-6-2-4-9-19(13)15(22)8-11-21-16(23)20-10-5-3-7-14(20)18-21;/h3,5,7,10,12-13H,2,4,6,8-9,11,17H2,1H3;1H. The molecule has 2 aromatic rings. The molecule has 3 heterocycles. The minimum Gasteiger partial charge on any atom is -0.338 e. The van der Waals surface area contributed by atoms with Gasteiger partial charge in [-0.15, -0.1) is 17.5 Å². The molecule has 1 aliphatic heterocycles. The van der Waals surface area contributed by atoms with E-state index in [-0.39, 0.29) is 42.5 Å².